The van der Waals surface area contributed by atoms with Gasteiger partial charge in [0.05, 0.1) is 37.7 Å². The van der Waals surface area contributed by atoms with Gasteiger partial charge in [0.1, 0.15) is 41.2 Å². The largest absolute Gasteiger partial charge is 0.494 e. The van der Waals surface area contributed by atoms with Crippen molar-refractivity contribution in [3.63, 3.8) is 0 Å². The molecule has 2 aliphatic rings. The van der Waals surface area contributed by atoms with Crippen LogP contribution >= 0.6 is 0 Å². The van der Waals surface area contributed by atoms with Gasteiger partial charge in [0.15, 0.2) is 0 Å². The summed E-state index contributed by atoms with van der Waals surface area (Å²) in [5.41, 5.74) is 2.44. The molecule has 3 heterocycles. The molecule has 4 rings (SSSR count). The van der Waals surface area contributed by atoms with Crippen LogP contribution in [0.2, 0.25) is 0 Å². The first-order valence-electron chi connectivity index (χ1n) is 28.3. The Hall–Kier alpha value is -7.23. The first-order chi connectivity index (χ1) is 41.7. The lowest BCUT2D eigenvalue weighted by Gasteiger charge is -2.33. The summed E-state index contributed by atoms with van der Waals surface area (Å²) >= 11 is 0. The summed E-state index contributed by atoms with van der Waals surface area (Å²) in [4.78, 5) is 123. The molecule has 498 valence electrons. The number of aromatic nitrogens is 1. The van der Waals surface area contributed by atoms with Crippen LogP contribution in [0, 0.1) is 13.8 Å². The molecule has 0 saturated carbocycles. The number of carboxylic acids is 4. The van der Waals surface area contributed by atoms with Crippen LogP contribution in [0.5, 0.6) is 5.75 Å². The van der Waals surface area contributed by atoms with Crippen LogP contribution in [0.25, 0.3) is 0 Å². The molecule has 1 aromatic carbocycles. The summed E-state index contributed by atoms with van der Waals surface area (Å²) < 4.78 is 102. The van der Waals surface area contributed by atoms with Gasteiger partial charge in [-0.2, -0.15) is 21.6 Å². The Labute approximate surface area is 514 Å². The van der Waals surface area contributed by atoms with Gasteiger partial charge in [0, 0.05) is 97.1 Å². The monoisotopic (exact) mass is 1320 g/mol. The van der Waals surface area contributed by atoms with E-state index in [4.69, 9.17) is 4.74 Å². The van der Waals surface area contributed by atoms with Gasteiger partial charge in [-0.05, 0) is 87.3 Å². The number of carbonyl (C=O) groups is 9. The van der Waals surface area contributed by atoms with Crippen LogP contribution in [-0.2, 0) is 86.3 Å². The molecule has 0 bridgehead atoms. The van der Waals surface area contributed by atoms with Crippen molar-refractivity contribution >= 4 is 89.5 Å². The predicted molar refractivity (Wildman–Crippen MR) is 315 cm³/mol. The summed E-state index contributed by atoms with van der Waals surface area (Å²) in [5, 5.41) is 52.8. The standard InChI is InChI=1S/C52H80N12O22S3/c1-34-25-38(26-35(2)48(34)89(84,85)60-39(52(76)77)27-56-43(66)9-4-3-8-37-12-11-36-7-5-13-54-49(36)57-37)86-24-6-10-42(65)53-14-15-55-50(74)40(32-87(78,79)80)59-51(75)41(33-88(81,82)83)58-44(67)28-61-16-18-62(29-45(68)69)20-22-64(31-47(72)73)23-21-63(19-17-61)30-46(70)71/h11-12,25-26,39-41,60H,3-10,13-24,27-33H2,1-2H3,(H,53,65)(H,54,57)(H,55,74)(H,56,66)(H,58,67)(H,59,75)(H,68,69)(H,70,71)(H,72,73)(H,76,77)(H,78,79,80)(H,81,82,83)/t39?,40-,41-/m0/s1. The smallest absolute Gasteiger partial charge is 0.323 e. The van der Waals surface area contributed by atoms with Gasteiger partial charge in [-0.15, -0.1) is 0 Å². The van der Waals surface area contributed by atoms with Crippen LogP contribution in [0.15, 0.2) is 29.2 Å². The van der Waals surface area contributed by atoms with Gasteiger partial charge < -0.3 is 57.1 Å². The molecule has 3 atom stereocenters. The van der Waals surface area contributed by atoms with Crippen LogP contribution < -0.4 is 41.4 Å². The number of carbonyl (C=O) groups excluding carboxylic acids is 5. The fraction of sp³-hybridized carbons (Fsp3) is 0.615. The van der Waals surface area contributed by atoms with Gasteiger partial charge in [0.25, 0.3) is 20.2 Å². The SMILES string of the molecule is Cc1cc(OCCCC(=O)NCCNC(=O)[C@H](CS(=O)(=O)O)NC(=O)[C@H](CS(=O)(=O)O)NC(=O)CN2CCN(CC(=O)O)CCN(CC(=O)O)CCN(CC(=O)O)CC2)cc(C)c1S(=O)(=O)NC(CNC(=O)CCCCc1ccc2c(n1)NCCC2)C(=O)O. The maximum Gasteiger partial charge on any atom is 0.323 e. The summed E-state index contributed by atoms with van der Waals surface area (Å²) in [6.07, 6.45) is 3.84. The fourth-order valence-corrected chi connectivity index (χ4v) is 12.5. The Bertz CT molecular complexity index is 3120. The Morgan fingerprint density at radius 2 is 1.10 bits per heavy atom. The number of aliphatic carboxylic acids is 4. The van der Waals surface area contributed by atoms with Crippen LogP contribution in [0.4, 0.5) is 5.82 Å². The zero-order chi connectivity index (χ0) is 66.1. The van der Waals surface area contributed by atoms with Crippen molar-refractivity contribution in [3.05, 3.63) is 46.6 Å². The Morgan fingerprint density at radius 3 is 1.62 bits per heavy atom. The molecular weight excluding hydrogens is 1240 g/mol. The molecule has 0 aliphatic carbocycles. The second kappa shape index (κ2) is 35.8. The van der Waals surface area contributed by atoms with Crippen molar-refractivity contribution in [2.45, 2.75) is 88.2 Å². The fourth-order valence-electron chi connectivity index (χ4n) is 9.56. The molecule has 1 aromatic heterocycles. The molecular formula is C52H80N12O22S3. The average molecular weight is 1320 g/mol. The number of amides is 5. The molecule has 34 nitrogen and oxygen atoms in total. The second-order valence-corrected chi connectivity index (χ2v) is 26.0. The van der Waals surface area contributed by atoms with E-state index in [1.807, 2.05) is 17.4 Å². The van der Waals surface area contributed by atoms with E-state index in [-0.39, 0.29) is 107 Å². The predicted octanol–water partition coefficient (Wildman–Crippen LogP) is -4.07. The number of sulfonamides is 1. The quantitative estimate of drug-likeness (QED) is 0.0231. The van der Waals surface area contributed by atoms with E-state index in [0.717, 1.165) is 36.5 Å². The number of hydrogen-bond acceptors (Lipinski definition) is 22. The summed E-state index contributed by atoms with van der Waals surface area (Å²) in [6, 6.07) is 0.734. The number of aryl methyl sites for hydroxylation is 4. The van der Waals surface area contributed by atoms with Crippen molar-refractivity contribution in [1.29, 1.82) is 0 Å². The third kappa shape index (κ3) is 28.9. The van der Waals surface area contributed by atoms with Gasteiger partial charge in [-0.1, -0.05) is 6.07 Å². The molecule has 5 amide bonds. The molecule has 37 heteroatoms. The molecule has 13 N–H and O–H groups in total. The maximum absolute atomic E-state index is 13.5. The third-order valence-corrected chi connectivity index (χ3v) is 17.1. The van der Waals surface area contributed by atoms with E-state index >= 15 is 0 Å². The van der Waals surface area contributed by atoms with Gasteiger partial charge in [-0.25, -0.2) is 13.4 Å². The molecule has 1 fully saturated rings. The number of pyridine rings is 1. The van der Waals surface area contributed by atoms with E-state index in [1.54, 1.807) is 0 Å². The second-order valence-electron chi connectivity index (χ2n) is 21.3. The van der Waals surface area contributed by atoms with E-state index in [9.17, 15) is 97.9 Å². The van der Waals surface area contributed by atoms with Crippen molar-refractivity contribution < 1.29 is 103 Å². The molecule has 2 aromatic rings. The van der Waals surface area contributed by atoms with E-state index in [0.29, 0.717) is 19.3 Å². The first-order valence-corrected chi connectivity index (χ1v) is 33.0. The number of carboxylic acid groups (broad SMARTS) is 4. The Kier molecular flexibility index (Phi) is 29.9. The molecule has 89 heavy (non-hydrogen) atoms. The Morgan fingerprint density at radius 1 is 0.607 bits per heavy atom. The highest BCUT2D eigenvalue weighted by Crippen LogP contribution is 2.27. The zero-order valence-electron chi connectivity index (χ0n) is 49.3. The minimum Gasteiger partial charge on any atom is -0.494 e. The van der Waals surface area contributed by atoms with Gasteiger partial charge in [-0.3, -0.25) is 71.9 Å². The maximum atomic E-state index is 13.5. The van der Waals surface area contributed by atoms with Crippen molar-refractivity contribution in [2.24, 2.45) is 0 Å². The van der Waals surface area contributed by atoms with E-state index < -0.39 is 153 Å². The third-order valence-electron chi connectivity index (χ3n) is 13.8. The van der Waals surface area contributed by atoms with E-state index in [1.165, 1.54) is 45.6 Å². The number of ether oxygens (including phenoxy) is 1. The van der Waals surface area contributed by atoms with Crippen LogP contribution in [-0.4, -0.2) is 274 Å². The average Bonchev–Trinajstić information content (AvgIpc) is 2.89. The zero-order valence-corrected chi connectivity index (χ0v) is 51.8. The van der Waals surface area contributed by atoms with Gasteiger partial charge in [0.2, 0.25) is 39.6 Å². The number of nitrogens with one attached hydrogen (secondary N) is 7. The highest BCUT2D eigenvalue weighted by Gasteiger charge is 2.34. The number of anilines is 1. The molecule has 1 saturated heterocycles. The highest BCUT2D eigenvalue weighted by molar-refractivity contribution is 7.89. The minimum absolute atomic E-state index is 0.0305. The van der Waals surface area contributed by atoms with Crippen molar-refractivity contribution in [3.8, 4) is 5.75 Å². The summed E-state index contributed by atoms with van der Waals surface area (Å²) in [7, 11) is -14.6. The molecule has 2 aliphatic heterocycles. The number of benzene rings is 1. The van der Waals surface area contributed by atoms with Crippen molar-refractivity contribution in [2.75, 3.05) is 128 Å². The molecule has 0 radical (unpaired) electrons. The van der Waals surface area contributed by atoms with E-state index in [2.05, 4.69) is 36.3 Å². The van der Waals surface area contributed by atoms with Crippen LogP contribution in [0.3, 0.4) is 0 Å². The topological polar surface area (TPSA) is 497 Å². The number of hydrogen-bond donors (Lipinski definition) is 13. The van der Waals surface area contributed by atoms with Crippen LogP contribution in [0.1, 0.15) is 60.9 Å². The lowest BCUT2D eigenvalue weighted by molar-refractivity contribution is -0.140. The van der Waals surface area contributed by atoms with Gasteiger partial charge >= 0.3 is 23.9 Å². The lowest BCUT2D eigenvalue weighted by atomic mass is 10.1. The number of nitrogens with zero attached hydrogens (tertiary/aromatic N) is 5. The molecule has 0 spiro atoms. The lowest BCUT2D eigenvalue weighted by Crippen LogP contribution is -2.58. The first kappa shape index (κ1) is 74.2. The normalized spacial score (nSPS) is 16.1. The summed E-state index contributed by atoms with van der Waals surface area (Å²) in [5.74, 6) is -11.9. The summed E-state index contributed by atoms with van der Waals surface area (Å²) in [6.45, 7) is 0.526. The minimum atomic E-state index is -5.11. The number of unbranched alkanes of at least 4 members (excludes halogenated alkanes) is 1. The number of fused-ring (bicyclic) bond motifs is 1. The van der Waals surface area contributed by atoms with Crippen molar-refractivity contribution in [1.82, 2.24) is 55.9 Å². The highest BCUT2D eigenvalue weighted by atomic mass is 32.2. The Balaban J connectivity index is 1.25. The molecule has 1 unspecified atom stereocenters. The number of rotatable bonds is 35.